The summed E-state index contributed by atoms with van der Waals surface area (Å²) in [6.45, 7) is 1.50. The highest BCUT2D eigenvalue weighted by Crippen LogP contribution is 2.51. The third-order valence-electron chi connectivity index (χ3n) is 7.63. The molecule has 0 atom stereocenters. The number of hydrogen-bond acceptors (Lipinski definition) is 9. The summed E-state index contributed by atoms with van der Waals surface area (Å²) in [6, 6.07) is 14.1. The van der Waals surface area contributed by atoms with Gasteiger partial charge in [0.05, 0.1) is 24.3 Å². The molecule has 4 aromatic rings. The van der Waals surface area contributed by atoms with E-state index in [4.69, 9.17) is 14.9 Å². The fraction of sp³-hybridized carbons (Fsp3) is 0.296. The molecule has 2 fully saturated rings. The quantitative estimate of drug-likeness (QED) is 0.348. The highest BCUT2D eigenvalue weighted by atomic mass is 32.2. The average molecular weight is 581 g/mol. The van der Waals surface area contributed by atoms with Gasteiger partial charge in [0.25, 0.3) is 0 Å². The van der Waals surface area contributed by atoms with E-state index in [-0.39, 0.29) is 4.90 Å². The van der Waals surface area contributed by atoms with Crippen LogP contribution in [-0.4, -0.2) is 69.4 Å². The van der Waals surface area contributed by atoms with Crippen LogP contribution in [0.25, 0.3) is 22.2 Å². The van der Waals surface area contributed by atoms with Gasteiger partial charge in [-0.05, 0) is 54.3 Å². The van der Waals surface area contributed by atoms with Crippen LogP contribution in [0.15, 0.2) is 72.0 Å². The predicted molar refractivity (Wildman–Crippen MR) is 151 cm³/mol. The van der Waals surface area contributed by atoms with Gasteiger partial charge >= 0.3 is 0 Å². The predicted octanol–water partition coefficient (Wildman–Crippen LogP) is 2.49. The van der Waals surface area contributed by atoms with Crippen LogP contribution in [0.2, 0.25) is 0 Å². The summed E-state index contributed by atoms with van der Waals surface area (Å²) in [6.07, 6.45) is 5.90. The second kappa shape index (κ2) is 9.77. The summed E-state index contributed by atoms with van der Waals surface area (Å²) >= 11 is 0. The molecule has 2 aromatic carbocycles. The molecule has 0 spiro atoms. The number of benzene rings is 2. The van der Waals surface area contributed by atoms with Gasteiger partial charge in [0.15, 0.2) is 0 Å². The largest absolute Gasteiger partial charge is 0.495 e. The van der Waals surface area contributed by atoms with Gasteiger partial charge in [0.1, 0.15) is 21.2 Å². The van der Waals surface area contributed by atoms with E-state index in [2.05, 4.69) is 9.97 Å². The van der Waals surface area contributed by atoms with Gasteiger partial charge < -0.3 is 9.64 Å². The first-order valence-corrected chi connectivity index (χ1v) is 15.7. The molecule has 0 radical (unpaired) electrons. The maximum absolute atomic E-state index is 13.3. The zero-order valence-electron chi connectivity index (χ0n) is 21.8. The lowest BCUT2D eigenvalue weighted by Crippen LogP contribution is -2.49. The summed E-state index contributed by atoms with van der Waals surface area (Å²) in [5.41, 5.74) is 3.55. The van der Waals surface area contributed by atoms with E-state index in [1.165, 1.54) is 11.4 Å². The van der Waals surface area contributed by atoms with Gasteiger partial charge in [0.2, 0.25) is 20.0 Å². The molecule has 6 rings (SSSR count). The number of anilines is 1. The van der Waals surface area contributed by atoms with Crippen LogP contribution in [0.5, 0.6) is 5.75 Å². The van der Waals surface area contributed by atoms with Crippen molar-refractivity contribution in [3.05, 3.63) is 72.7 Å². The number of primary sulfonamides is 1. The normalized spacial score (nSPS) is 17.6. The van der Waals surface area contributed by atoms with Crippen molar-refractivity contribution in [3.8, 4) is 16.9 Å². The fourth-order valence-electron chi connectivity index (χ4n) is 5.16. The van der Waals surface area contributed by atoms with Gasteiger partial charge in [-0.2, -0.15) is 4.31 Å². The molecule has 2 aromatic heterocycles. The van der Waals surface area contributed by atoms with E-state index in [9.17, 15) is 16.8 Å². The molecule has 40 heavy (non-hydrogen) atoms. The summed E-state index contributed by atoms with van der Waals surface area (Å²) in [4.78, 5) is 15.8. The van der Waals surface area contributed by atoms with Crippen molar-refractivity contribution in [1.29, 1.82) is 0 Å². The van der Waals surface area contributed by atoms with E-state index in [0.717, 1.165) is 11.1 Å². The molecule has 0 unspecified atom stereocenters. The maximum Gasteiger partial charge on any atom is 0.246 e. The van der Waals surface area contributed by atoms with Crippen molar-refractivity contribution in [1.82, 2.24) is 19.3 Å². The molecule has 2 N–H and O–H groups in total. The number of nitrogens with zero attached hydrogens (tertiary/aromatic N) is 5. The Bertz CT molecular complexity index is 1820. The van der Waals surface area contributed by atoms with Crippen LogP contribution >= 0.6 is 0 Å². The third kappa shape index (κ3) is 4.58. The number of methoxy groups -OCH3 is 1. The van der Waals surface area contributed by atoms with E-state index in [1.807, 2.05) is 29.2 Å². The van der Waals surface area contributed by atoms with Crippen LogP contribution in [0.1, 0.15) is 18.4 Å². The Morgan fingerprint density at radius 1 is 0.875 bits per heavy atom. The average Bonchev–Trinajstić information content (AvgIpc) is 3.80. The second-order valence-electron chi connectivity index (χ2n) is 9.98. The Kier molecular flexibility index (Phi) is 6.49. The van der Waals surface area contributed by atoms with Gasteiger partial charge in [-0.3, -0.25) is 9.97 Å². The van der Waals surface area contributed by atoms with Crippen molar-refractivity contribution >= 4 is 36.9 Å². The third-order valence-corrected chi connectivity index (χ3v) is 11.3. The van der Waals surface area contributed by atoms with Gasteiger partial charge in [-0.25, -0.2) is 27.0 Å². The molecule has 1 saturated heterocycles. The van der Waals surface area contributed by atoms with Gasteiger partial charge in [-0.15, -0.1) is 0 Å². The molecule has 2 aliphatic rings. The summed E-state index contributed by atoms with van der Waals surface area (Å²) in [7, 11) is -5.99. The minimum absolute atomic E-state index is 0.152. The number of piperazine rings is 1. The molecular formula is C27H28N6O5S2. The van der Waals surface area contributed by atoms with Crippen LogP contribution < -0.4 is 14.8 Å². The second-order valence-corrected chi connectivity index (χ2v) is 13.8. The molecule has 1 saturated carbocycles. The van der Waals surface area contributed by atoms with Crippen molar-refractivity contribution in [2.24, 2.45) is 5.14 Å². The lowest BCUT2D eigenvalue weighted by molar-refractivity contribution is 0.373. The summed E-state index contributed by atoms with van der Waals surface area (Å²) in [5.74, 6) is 0.968. The van der Waals surface area contributed by atoms with Crippen LogP contribution in [0.4, 0.5) is 5.82 Å². The number of hydrogen-bond donors (Lipinski definition) is 1. The van der Waals surface area contributed by atoms with E-state index in [0.29, 0.717) is 67.2 Å². The highest BCUT2D eigenvalue weighted by molar-refractivity contribution is 7.90. The molecule has 0 bridgehead atoms. The minimum Gasteiger partial charge on any atom is -0.495 e. The molecule has 1 aliphatic heterocycles. The van der Waals surface area contributed by atoms with Gasteiger partial charge in [0, 0.05) is 44.1 Å². The van der Waals surface area contributed by atoms with Crippen LogP contribution in [-0.2, 0) is 24.8 Å². The van der Waals surface area contributed by atoms with Crippen molar-refractivity contribution in [2.75, 3.05) is 38.2 Å². The molecule has 1 aliphatic carbocycles. The molecule has 11 nitrogen and oxygen atoms in total. The first-order chi connectivity index (χ1) is 19.1. The zero-order valence-corrected chi connectivity index (χ0v) is 23.4. The Morgan fingerprint density at radius 3 is 2.33 bits per heavy atom. The standard InChI is InChI=1S/C27H28N6O5S2/c1-38-24-4-2-3-5-25(24)39(34,35)33-12-10-32(11-13-33)26-18-30-22-7-6-19(15-23(22)31-26)20-14-21(17-29-16-20)27(8-9-27)40(28,36)37/h2-7,14-18H,8-13H2,1H3,(H2,28,36,37). The SMILES string of the molecule is COc1ccccc1S(=O)(=O)N1CCN(c2cnc3ccc(-c4cncc(C5(S(N)(=O)=O)CC5)c4)cc3n2)CC1. The van der Waals surface area contributed by atoms with E-state index < -0.39 is 24.8 Å². The monoisotopic (exact) mass is 580 g/mol. The highest BCUT2D eigenvalue weighted by Gasteiger charge is 2.54. The first-order valence-electron chi connectivity index (χ1n) is 12.8. The molecule has 208 valence electrons. The minimum atomic E-state index is -3.74. The number of nitrogens with two attached hydrogens (primary N) is 1. The number of pyridine rings is 1. The number of ether oxygens (including phenoxy) is 1. The van der Waals surface area contributed by atoms with Crippen LogP contribution in [0.3, 0.4) is 0 Å². The number of sulfonamides is 2. The van der Waals surface area contributed by atoms with Crippen molar-refractivity contribution in [2.45, 2.75) is 22.5 Å². The van der Waals surface area contributed by atoms with E-state index >= 15 is 0 Å². The molecule has 3 heterocycles. The lowest BCUT2D eigenvalue weighted by Gasteiger charge is -2.34. The fourth-order valence-corrected chi connectivity index (χ4v) is 7.85. The number of para-hydroxylation sites is 1. The van der Waals surface area contributed by atoms with Crippen molar-refractivity contribution in [3.63, 3.8) is 0 Å². The zero-order chi connectivity index (χ0) is 28.1. The Hall–Kier alpha value is -3.65. The Balaban J connectivity index is 1.23. The van der Waals surface area contributed by atoms with Crippen molar-refractivity contribution < 1.29 is 21.6 Å². The first kappa shape index (κ1) is 26.6. The number of rotatable bonds is 7. The topological polar surface area (TPSA) is 149 Å². The molecule has 0 amide bonds. The summed E-state index contributed by atoms with van der Waals surface area (Å²) < 4.78 is 56.6. The van der Waals surface area contributed by atoms with Crippen LogP contribution in [0, 0.1) is 0 Å². The Labute approximate surface area is 232 Å². The molecule has 13 heteroatoms. The maximum atomic E-state index is 13.3. The lowest BCUT2D eigenvalue weighted by atomic mass is 10.0. The van der Waals surface area contributed by atoms with Gasteiger partial charge in [-0.1, -0.05) is 18.2 Å². The Morgan fingerprint density at radius 2 is 1.62 bits per heavy atom. The summed E-state index contributed by atoms with van der Waals surface area (Å²) in [5, 5.41) is 5.51. The number of aromatic nitrogens is 3. The number of fused-ring (bicyclic) bond motifs is 1. The smallest absolute Gasteiger partial charge is 0.246 e. The molecular weight excluding hydrogens is 552 g/mol. The van der Waals surface area contributed by atoms with E-state index in [1.54, 1.807) is 42.9 Å².